The molecule has 0 saturated carbocycles. The maximum Gasteiger partial charge on any atom is 0.319 e. The van der Waals surface area contributed by atoms with Crippen molar-refractivity contribution in [2.75, 3.05) is 19.5 Å². The zero-order valence-electron chi connectivity index (χ0n) is 13.5. The minimum Gasteiger partial charge on any atom is -0.496 e. The highest BCUT2D eigenvalue weighted by Gasteiger charge is 2.19. The van der Waals surface area contributed by atoms with Crippen LogP contribution in [0.5, 0.6) is 11.5 Å². The Kier molecular flexibility index (Phi) is 6.18. The molecule has 2 N–H and O–H groups in total. The van der Waals surface area contributed by atoms with Crippen molar-refractivity contribution in [3.8, 4) is 11.5 Å². The lowest BCUT2D eigenvalue weighted by Gasteiger charge is -2.12. The van der Waals surface area contributed by atoms with Gasteiger partial charge in [0.1, 0.15) is 5.75 Å². The number of nitro benzene ring substituents is 1. The van der Waals surface area contributed by atoms with Crippen molar-refractivity contribution < 1.29 is 19.2 Å². The largest absolute Gasteiger partial charge is 0.496 e. The highest BCUT2D eigenvalue weighted by molar-refractivity contribution is 9.10. The number of nitrogens with zero attached hydrogens (tertiary/aromatic N) is 1. The van der Waals surface area contributed by atoms with E-state index < -0.39 is 11.0 Å². The summed E-state index contributed by atoms with van der Waals surface area (Å²) in [4.78, 5) is 22.5. The van der Waals surface area contributed by atoms with Crippen molar-refractivity contribution in [3.05, 3.63) is 56.5 Å². The zero-order chi connectivity index (χ0) is 18.4. The van der Waals surface area contributed by atoms with Gasteiger partial charge in [-0.1, -0.05) is 22.0 Å². The molecule has 8 nitrogen and oxygen atoms in total. The van der Waals surface area contributed by atoms with E-state index >= 15 is 0 Å². The molecule has 0 aliphatic heterocycles. The molecule has 0 aromatic heterocycles. The van der Waals surface area contributed by atoms with E-state index in [1.54, 1.807) is 18.2 Å². The maximum atomic E-state index is 12.0. The zero-order valence-corrected chi connectivity index (χ0v) is 15.1. The Balaban J connectivity index is 2.11. The molecule has 0 heterocycles. The number of methoxy groups -OCH3 is 2. The van der Waals surface area contributed by atoms with Crippen molar-refractivity contribution >= 4 is 33.3 Å². The molecule has 0 radical (unpaired) electrons. The van der Waals surface area contributed by atoms with Crippen molar-refractivity contribution in [2.45, 2.75) is 6.54 Å². The number of hydrogen-bond donors (Lipinski definition) is 2. The molecule has 0 aliphatic rings. The molecule has 0 aliphatic carbocycles. The van der Waals surface area contributed by atoms with Crippen LogP contribution in [0.3, 0.4) is 0 Å². The molecule has 0 bridgehead atoms. The minimum absolute atomic E-state index is 0.0926. The highest BCUT2D eigenvalue weighted by atomic mass is 79.9. The van der Waals surface area contributed by atoms with Crippen molar-refractivity contribution in [3.63, 3.8) is 0 Å². The van der Waals surface area contributed by atoms with Crippen LogP contribution in [0, 0.1) is 10.1 Å². The first-order valence-corrected chi connectivity index (χ1v) is 7.93. The first-order chi connectivity index (χ1) is 11.9. The van der Waals surface area contributed by atoms with Gasteiger partial charge in [-0.25, -0.2) is 4.79 Å². The number of ether oxygens (including phenoxy) is 2. The number of carbonyl (C=O) groups is 1. The van der Waals surface area contributed by atoms with E-state index in [0.717, 1.165) is 4.47 Å². The summed E-state index contributed by atoms with van der Waals surface area (Å²) in [5.41, 5.74) is 0.969. The van der Waals surface area contributed by atoms with Gasteiger partial charge in [0, 0.05) is 22.3 Å². The predicted octanol–water partition coefficient (Wildman–Crippen LogP) is 3.70. The monoisotopic (exact) mass is 409 g/mol. The van der Waals surface area contributed by atoms with Gasteiger partial charge in [-0.15, -0.1) is 0 Å². The summed E-state index contributed by atoms with van der Waals surface area (Å²) < 4.78 is 11.0. The van der Waals surface area contributed by atoms with Crippen molar-refractivity contribution in [1.82, 2.24) is 5.32 Å². The van der Waals surface area contributed by atoms with Gasteiger partial charge in [0.2, 0.25) is 0 Å². The Morgan fingerprint density at radius 1 is 1.20 bits per heavy atom. The quantitative estimate of drug-likeness (QED) is 0.559. The molecule has 25 heavy (non-hydrogen) atoms. The number of hydrogen-bond acceptors (Lipinski definition) is 5. The molecular weight excluding hydrogens is 394 g/mol. The van der Waals surface area contributed by atoms with Crippen molar-refractivity contribution in [1.29, 1.82) is 0 Å². The van der Waals surface area contributed by atoms with E-state index in [2.05, 4.69) is 26.6 Å². The summed E-state index contributed by atoms with van der Waals surface area (Å²) in [7, 11) is 2.74. The van der Waals surface area contributed by atoms with E-state index in [4.69, 9.17) is 9.47 Å². The minimum atomic E-state index is -0.557. The lowest BCUT2D eigenvalue weighted by atomic mass is 10.1. The molecule has 2 rings (SSSR count). The fraction of sp³-hybridized carbons (Fsp3) is 0.188. The Morgan fingerprint density at radius 3 is 2.52 bits per heavy atom. The summed E-state index contributed by atoms with van der Waals surface area (Å²) >= 11 is 3.32. The van der Waals surface area contributed by atoms with Crippen LogP contribution >= 0.6 is 15.9 Å². The second-order valence-electron chi connectivity index (χ2n) is 4.91. The normalized spacial score (nSPS) is 10.0. The predicted molar refractivity (Wildman–Crippen MR) is 96.2 cm³/mol. The van der Waals surface area contributed by atoms with E-state index in [1.165, 1.54) is 26.4 Å². The van der Waals surface area contributed by atoms with Gasteiger partial charge < -0.3 is 20.1 Å². The third kappa shape index (κ3) is 4.83. The van der Waals surface area contributed by atoms with E-state index in [9.17, 15) is 14.9 Å². The van der Waals surface area contributed by atoms with Crippen LogP contribution in [0.1, 0.15) is 5.56 Å². The van der Waals surface area contributed by atoms with Crippen LogP contribution in [0.25, 0.3) is 0 Å². The number of rotatable bonds is 6. The van der Waals surface area contributed by atoms with E-state index in [1.807, 2.05) is 6.07 Å². The molecule has 9 heteroatoms. The van der Waals surface area contributed by atoms with Crippen LogP contribution in [0.15, 0.2) is 40.9 Å². The fourth-order valence-corrected chi connectivity index (χ4v) is 2.54. The molecular formula is C16H16BrN3O5. The Morgan fingerprint density at radius 2 is 1.92 bits per heavy atom. The van der Waals surface area contributed by atoms with Gasteiger partial charge in [0.05, 0.1) is 25.2 Å². The van der Waals surface area contributed by atoms with Gasteiger partial charge in [0.15, 0.2) is 5.75 Å². The Labute approximate surface area is 152 Å². The van der Waals surface area contributed by atoms with E-state index in [-0.39, 0.29) is 23.7 Å². The standard InChI is InChI=1S/C16H16BrN3O5/c1-24-14-8-13(20(22)23)15(25-2)6-10(14)9-18-16(21)19-12-5-3-4-11(17)7-12/h3-8H,9H2,1-2H3,(H2,18,19,21). The molecule has 0 spiro atoms. The SMILES string of the molecule is COc1cc([N+](=O)[O-])c(OC)cc1CNC(=O)Nc1cccc(Br)c1. The molecule has 0 fully saturated rings. The van der Waals surface area contributed by atoms with Gasteiger partial charge in [-0.3, -0.25) is 10.1 Å². The maximum absolute atomic E-state index is 12.0. The second-order valence-corrected chi connectivity index (χ2v) is 5.83. The molecule has 2 amide bonds. The number of anilines is 1. The number of amides is 2. The van der Waals surface area contributed by atoms with Crippen LogP contribution < -0.4 is 20.1 Å². The van der Waals surface area contributed by atoms with Crippen LogP contribution in [0.4, 0.5) is 16.2 Å². The Bertz CT molecular complexity index is 797. The lowest BCUT2D eigenvalue weighted by Crippen LogP contribution is -2.28. The summed E-state index contributed by atoms with van der Waals surface area (Å²) in [6.45, 7) is 0.108. The van der Waals surface area contributed by atoms with Gasteiger partial charge in [0.25, 0.3) is 0 Å². The van der Waals surface area contributed by atoms with Gasteiger partial charge in [-0.2, -0.15) is 0 Å². The Hall–Kier alpha value is -2.81. The smallest absolute Gasteiger partial charge is 0.319 e. The first-order valence-electron chi connectivity index (χ1n) is 7.14. The average molecular weight is 410 g/mol. The summed E-state index contributed by atoms with van der Waals surface area (Å²) in [6, 6.07) is 9.46. The van der Waals surface area contributed by atoms with Crippen LogP contribution in [-0.4, -0.2) is 25.2 Å². The number of benzene rings is 2. The third-order valence-corrected chi connectivity index (χ3v) is 3.79. The van der Waals surface area contributed by atoms with Gasteiger partial charge >= 0.3 is 11.7 Å². The van der Waals surface area contributed by atoms with E-state index in [0.29, 0.717) is 11.3 Å². The fourth-order valence-electron chi connectivity index (χ4n) is 2.14. The number of carbonyl (C=O) groups excluding carboxylic acids is 1. The molecule has 0 unspecified atom stereocenters. The highest BCUT2D eigenvalue weighted by Crippen LogP contribution is 2.34. The summed E-state index contributed by atoms with van der Waals surface area (Å²) in [6.07, 6.45) is 0. The van der Waals surface area contributed by atoms with Crippen LogP contribution in [-0.2, 0) is 6.54 Å². The second kappa shape index (κ2) is 8.34. The number of halogens is 1. The number of nitrogens with one attached hydrogen (secondary N) is 2. The third-order valence-electron chi connectivity index (χ3n) is 3.30. The van der Waals surface area contributed by atoms with Gasteiger partial charge in [-0.05, 0) is 24.3 Å². The first kappa shape index (κ1) is 18.5. The number of urea groups is 1. The molecule has 0 atom stereocenters. The van der Waals surface area contributed by atoms with Crippen molar-refractivity contribution in [2.24, 2.45) is 0 Å². The summed E-state index contributed by atoms with van der Waals surface area (Å²) in [5, 5.41) is 16.4. The molecule has 0 saturated heterocycles. The molecule has 2 aromatic carbocycles. The summed E-state index contributed by atoms with van der Waals surface area (Å²) in [5.74, 6) is 0.380. The number of nitro groups is 1. The lowest BCUT2D eigenvalue weighted by molar-refractivity contribution is -0.385. The molecule has 132 valence electrons. The average Bonchev–Trinajstić information content (AvgIpc) is 2.59. The van der Waals surface area contributed by atoms with Crippen LogP contribution in [0.2, 0.25) is 0 Å². The molecule has 2 aromatic rings. The topological polar surface area (TPSA) is 103 Å².